The number of nitrogens with one attached hydrogen (secondary N) is 3. The SMILES string of the molecule is FC(F)(F)c1ccc(CN2CCC(C3=C4c5cc[nH]c5N=CN4NN3)CC2)o1. The molecule has 1 saturated heterocycles. The van der Waals surface area contributed by atoms with E-state index in [0.29, 0.717) is 18.2 Å². The Labute approximate surface area is 158 Å². The Bertz CT molecular complexity index is 935. The fourth-order valence-electron chi connectivity index (χ4n) is 4.01. The summed E-state index contributed by atoms with van der Waals surface area (Å²) in [6.07, 6.45) is 0.983. The summed E-state index contributed by atoms with van der Waals surface area (Å²) in [5.74, 6) is 0.581. The Morgan fingerprint density at radius 1 is 1.18 bits per heavy atom. The van der Waals surface area contributed by atoms with Gasteiger partial charge in [0, 0.05) is 17.7 Å². The fraction of sp³-hybridized carbons (Fsp3) is 0.389. The van der Waals surface area contributed by atoms with E-state index in [0.717, 1.165) is 54.8 Å². The Morgan fingerprint density at radius 3 is 2.75 bits per heavy atom. The summed E-state index contributed by atoms with van der Waals surface area (Å²) in [6.45, 7) is 1.97. The third-order valence-electron chi connectivity index (χ3n) is 5.41. The van der Waals surface area contributed by atoms with E-state index in [-0.39, 0.29) is 0 Å². The number of halogens is 3. The van der Waals surface area contributed by atoms with Gasteiger partial charge < -0.3 is 14.8 Å². The second kappa shape index (κ2) is 6.42. The van der Waals surface area contributed by atoms with Crippen LogP contribution in [0.2, 0.25) is 0 Å². The van der Waals surface area contributed by atoms with Gasteiger partial charge in [0.25, 0.3) is 0 Å². The maximum atomic E-state index is 12.7. The van der Waals surface area contributed by atoms with Gasteiger partial charge in [-0.3, -0.25) is 4.90 Å². The molecule has 0 aromatic carbocycles. The van der Waals surface area contributed by atoms with Crippen LogP contribution in [0.15, 0.2) is 39.5 Å². The van der Waals surface area contributed by atoms with Crippen molar-refractivity contribution in [3.8, 4) is 0 Å². The lowest BCUT2D eigenvalue weighted by atomic mass is 9.91. The summed E-state index contributed by atoms with van der Waals surface area (Å²) in [5, 5.41) is 1.87. The molecule has 0 amide bonds. The summed E-state index contributed by atoms with van der Waals surface area (Å²) >= 11 is 0. The number of H-pyrrole nitrogens is 1. The van der Waals surface area contributed by atoms with Crippen molar-refractivity contribution >= 4 is 17.9 Å². The minimum absolute atomic E-state index is 0.334. The van der Waals surface area contributed by atoms with Gasteiger partial charge in [-0.15, -0.1) is 5.53 Å². The number of piperidine rings is 1. The van der Waals surface area contributed by atoms with Crippen LogP contribution in [0.4, 0.5) is 19.0 Å². The van der Waals surface area contributed by atoms with Crippen LogP contribution in [0.5, 0.6) is 0 Å². The van der Waals surface area contributed by atoms with Crippen LogP contribution in [-0.4, -0.2) is 34.3 Å². The number of aromatic nitrogens is 1. The number of allylic oxidation sites excluding steroid dienone is 1. The number of hydrogen-bond acceptors (Lipinski definition) is 6. The number of aliphatic imine (C=N–C) groups is 1. The minimum Gasteiger partial charge on any atom is -0.455 e. The molecule has 0 radical (unpaired) electrons. The molecule has 0 saturated carbocycles. The van der Waals surface area contributed by atoms with Crippen molar-refractivity contribution in [2.45, 2.75) is 25.6 Å². The van der Waals surface area contributed by atoms with Gasteiger partial charge in [0.1, 0.15) is 17.9 Å². The van der Waals surface area contributed by atoms with E-state index in [1.54, 1.807) is 6.34 Å². The number of hydrogen-bond donors (Lipinski definition) is 3. The molecular weight excluding hydrogens is 373 g/mol. The van der Waals surface area contributed by atoms with Crippen molar-refractivity contribution in [1.82, 2.24) is 25.9 Å². The number of aromatic amines is 1. The zero-order valence-corrected chi connectivity index (χ0v) is 14.9. The van der Waals surface area contributed by atoms with E-state index in [1.165, 1.54) is 6.07 Å². The van der Waals surface area contributed by atoms with E-state index in [4.69, 9.17) is 4.42 Å². The van der Waals surface area contributed by atoms with Crippen LogP contribution in [0.25, 0.3) is 5.70 Å². The van der Waals surface area contributed by atoms with Gasteiger partial charge in [0.2, 0.25) is 5.76 Å². The molecule has 10 heteroatoms. The quantitative estimate of drug-likeness (QED) is 0.748. The fourth-order valence-corrected chi connectivity index (χ4v) is 4.01. The molecule has 0 atom stereocenters. The summed E-state index contributed by atoms with van der Waals surface area (Å²) < 4.78 is 43.0. The number of furan rings is 1. The lowest BCUT2D eigenvalue weighted by molar-refractivity contribution is -0.153. The average Bonchev–Trinajstić information content (AvgIpc) is 3.40. The first-order valence-electron chi connectivity index (χ1n) is 9.14. The van der Waals surface area contributed by atoms with Crippen LogP contribution in [-0.2, 0) is 12.7 Å². The largest absolute Gasteiger partial charge is 0.455 e. The van der Waals surface area contributed by atoms with Crippen LogP contribution < -0.4 is 11.0 Å². The van der Waals surface area contributed by atoms with Gasteiger partial charge in [-0.2, -0.15) is 13.2 Å². The van der Waals surface area contributed by atoms with E-state index in [2.05, 4.69) is 25.8 Å². The Kier molecular flexibility index (Phi) is 3.98. The maximum absolute atomic E-state index is 12.7. The van der Waals surface area contributed by atoms with E-state index < -0.39 is 11.9 Å². The van der Waals surface area contributed by atoms with Crippen molar-refractivity contribution in [2.75, 3.05) is 13.1 Å². The zero-order valence-electron chi connectivity index (χ0n) is 14.9. The Morgan fingerprint density at radius 2 is 2.00 bits per heavy atom. The van der Waals surface area contributed by atoms with E-state index in [1.807, 2.05) is 17.3 Å². The molecular formula is C18H19F3N6O. The van der Waals surface area contributed by atoms with Gasteiger partial charge in [0.15, 0.2) is 0 Å². The third-order valence-corrected chi connectivity index (χ3v) is 5.41. The summed E-state index contributed by atoms with van der Waals surface area (Å²) in [5.41, 5.74) is 9.64. The number of hydrazine groups is 2. The van der Waals surface area contributed by atoms with E-state index >= 15 is 0 Å². The molecule has 3 N–H and O–H groups in total. The molecule has 148 valence electrons. The van der Waals surface area contributed by atoms with Gasteiger partial charge in [-0.1, -0.05) is 0 Å². The molecule has 5 rings (SSSR count). The lowest BCUT2D eigenvalue weighted by Crippen LogP contribution is -2.39. The molecule has 2 aromatic heterocycles. The Balaban J connectivity index is 1.26. The van der Waals surface area contributed by atoms with Crippen molar-refractivity contribution in [3.05, 3.63) is 47.2 Å². The highest BCUT2D eigenvalue weighted by Crippen LogP contribution is 2.38. The molecule has 28 heavy (non-hydrogen) atoms. The molecule has 1 fully saturated rings. The number of fused-ring (bicyclic) bond motifs is 3. The first-order chi connectivity index (χ1) is 13.5. The number of alkyl halides is 3. The predicted molar refractivity (Wildman–Crippen MR) is 95.7 cm³/mol. The minimum atomic E-state index is -4.44. The summed E-state index contributed by atoms with van der Waals surface area (Å²) in [6, 6.07) is 4.41. The maximum Gasteiger partial charge on any atom is 0.449 e. The van der Waals surface area contributed by atoms with Crippen LogP contribution in [0.1, 0.15) is 29.9 Å². The van der Waals surface area contributed by atoms with Gasteiger partial charge >= 0.3 is 6.18 Å². The Hall–Kier alpha value is -2.72. The zero-order chi connectivity index (χ0) is 19.3. The smallest absolute Gasteiger partial charge is 0.449 e. The van der Waals surface area contributed by atoms with Gasteiger partial charge in [-0.25, -0.2) is 10.0 Å². The lowest BCUT2D eigenvalue weighted by Gasteiger charge is -2.32. The standard InChI is InChI=1S/C18H19F3N6O/c19-18(20,21)14-2-1-12(28-14)9-26-7-4-11(5-8-26)15-16-13-3-6-22-17(13)23-10-27(16)25-24-15/h1-3,6,10-11,22,24-25H,4-5,7-9H2. The molecule has 5 heterocycles. The first-order valence-corrected chi connectivity index (χ1v) is 9.14. The molecule has 3 aliphatic heterocycles. The molecule has 0 unspecified atom stereocenters. The van der Waals surface area contributed by atoms with Crippen molar-refractivity contribution < 1.29 is 17.6 Å². The highest BCUT2D eigenvalue weighted by molar-refractivity contribution is 5.87. The third kappa shape index (κ3) is 2.98. The highest BCUT2D eigenvalue weighted by atomic mass is 19.4. The molecule has 0 spiro atoms. The van der Waals surface area contributed by atoms with Crippen LogP contribution >= 0.6 is 0 Å². The van der Waals surface area contributed by atoms with Crippen LogP contribution in [0, 0.1) is 5.92 Å². The van der Waals surface area contributed by atoms with E-state index in [9.17, 15) is 13.2 Å². The molecule has 2 aromatic rings. The highest BCUT2D eigenvalue weighted by Gasteiger charge is 2.36. The van der Waals surface area contributed by atoms with Crippen molar-refractivity contribution in [2.24, 2.45) is 10.9 Å². The van der Waals surface area contributed by atoms with Crippen LogP contribution in [0.3, 0.4) is 0 Å². The molecule has 0 bridgehead atoms. The molecule has 3 aliphatic rings. The normalized spacial score (nSPS) is 20.5. The topological polar surface area (TPSA) is 71.8 Å². The number of likely N-dealkylation sites (tertiary alicyclic amines) is 1. The summed E-state index contributed by atoms with van der Waals surface area (Å²) in [4.78, 5) is 9.62. The van der Waals surface area contributed by atoms with Gasteiger partial charge in [-0.05, 0) is 44.1 Å². The predicted octanol–water partition coefficient (Wildman–Crippen LogP) is 3.21. The monoisotopic (exact) mass is 392 g/mol. The van der Waals surface area contributed by atoms with Crippen molar-refractivity contribution in [3.63, 3.8) is 0 Å². The second-order valence-electron chi connectivity index (χ2n) is 7.17. The first kappa shape index (κ1) is 17.4. The number of nitrogens with zero attached hydrogens (tertiary/aromatic N) is 3. The molecule has 7 nitrogen and oxygen atoms in total. The molecule has 0 aliphatic carbocycles. The second-order valence-corrected chi connectivity index (χ2v) is 7.17. The van der Waals surface area contributed by atoms with Gasteiger partial charge in [0.05, 0.1) is 17.9 Å². The summed E-state index contributed by atoms with van der Waals surface area (Å²) in [7, 11) is 0. The van der Waals surface area contributed by atoms with Crippen molar-refractivity contribution in [1.29, 1.82) is 0 Å². The number of rotatable bonds is 3. The average molecular weight is 392 g/mol.